The molecule has 2 nitrogen and oxygen atoms in total. The zero-order valence-electron chi connectivity index (χ0n) is 9.09. The first-order chi connectivity index (χ1) is 5.99. The van der Waals surface area contributed by atoms with Gasteiger partial charge in [-0.25, -0.2) is 0 Å². The lowest BCUT2D eigenvalue weighted by Crippen LogP contribution is -2.43. The first-order valence-electron chi connectivity index (χ1n) is 5.04. The van der Waals surface area contributed by atoms with Crippen LogP contribution in [0, 0.1) is 0 Å². The summed E-state index contributed by atoms with van der Waals surface area (Å²) in [7, 11) is 0. The molecule has 13 heavy (non-hydrogen) atoms. The molecule has 2 unspecified atom stereocenters. The normalized spacial score (nSPS) is 30.5. The maximum Gasteiger partial charge on any atom is 0.0813 e. The van der Waals surface area contributed by atoms with Gasteiger partial charge in [0.1, 0.15) is 0 Å². The number of hydroxylamine groups is 1. The molecular weight excluding hydrogens is 182 g/mol. The summed E-state index contributed by atoms with van der Waals surface area (Å²) in [5.41, 5.74) is 3.11. The van der Waals surface area contributed by atoms with Crippen molar-refractivity contribution in [3.05, 3.63) is 0 Å². The molecule has 1 fully saturated rings. The van der Waals surface area contributed by atoms with E-state index in [2.05, 4.69) is 33.2 Å². The van der Waals surface area contributed by atoms with Gasteiger partial charge in [-0.2, -0.15) is 17.2 Å². The summed E-state index contributed by atoms with van der Waals surface area (Å²) >= 11 is 2.03. The van der Waals surface area contributed by atoms with Crippen molar-refractivity contribution in [2.45, 2.75) is 57.4 Å². The van der Waals surface area contributed by atoms with Crippen LogP contribution in [-0.2, 0) is 4.84 Å². The van der Waals surface area contributed by atoms with Gasteiger partial charge in [0, 0.05) is 11.3 Å². The van der Waals surface area contributed by atoms with Crippen molar-refractivity contribution in [1.82, 2.24) is 5.48 Å². The first-order valence-corrected chi connectivity index (χ1v) is 6.09. The van der Waals surface area contributed by atoms with Crippen LogP contribution in [0.5, 0.6) is 0 Å². The third kappa shape index (κ3) is 4.34. The summed E-state index contributed by atoms with van der Waals surface area (Å²) in [4.78, 5) is 5.58. The molecular formula is C10H21NOS. The minimum absolute atomic E-state index is 0.0815. The Balaban J connectivity index is 2.27. The molecule has 0 radical (unpaired) electrons. The van der Waals surface area contributed by atoms with Crippen LogP contribution in [0.2, 0.25) is 0 Å². The van der Waals surface area contributed by atoms with Gasteiger partial charge < -0.3 is 0 Å². The van der Waals surface area contributed by atoms with E-state index in [0.29, 0.717) is 11.3 Å². The molecule has 0 saturated carbocycles. The molecule has 0 aromatic carbocycles. The smallest absolute Gasteiger partial charge is 0.0813 e. The van der Waals surface area contributed by atoms with Crippen LogP contribution in [0.25, 0.3) is 0 Å². The van der Waals surface area contributed by atoms with Crippen molar-refractivity contribution in [3.63, 3.8) is 0 Å². The number of hydrogen-bond acceptors (Lipinski definition) is 3. The Labute approximate surface area is 85.8 Å². The molecule has 1 aliphatic heterocycles. The molecule has 1 heterocycles. The highest BCUT2D eigenvalue weighted by molar-refractivity contribution is 7.99. The Hall–Kier alpha value is 0.270. The Kier molecular flexibility index (Phi) is 4.07. The molecule has 1 saturated heterocycles. The fraction of sp³-hybridized carbons (Fsp3) is 1.00. The molecule has 0 aromatic heterocycles. The predicted octanol–water partition coefficient (Wildman–Crippen LogP) is 2.59. The maximum atomic E-state index is 5.58. The number of rotatable bonds is 2. The largest absolute Gasteiger partial charge is 0.296 e. The molecule has 0 aliphatic carbocycles. The van der Waals surface area contributed by atoms with E-state index in [4.69, 9.17) is 4.84 Å². The van der Waals surface area contributed by atoms with E-state index in [0.717, 1.165) is 0 Å². The number of thioether (sulfide) groups is 1. The molecule has 0 aromatic rings. The molecule has 0 bridgehead atoms. The lowest BCUT2D eigenvalue weighted by Gasteiger charge is -2.31. The van der Waals surface area contributed by atoms with Crippen molar-refractivity contribution in [2.24, 2.45) is 0 Å². The fourth-order valence-corrected chi connectivity index (χ4v) is 2.46. The molecule has 0 amide bonds. The fourth-order valence-electron chi connectivity index (χ4n) is 1.33. The highest BCUT2D eigenvalue weighted by Crippen LogP contribution is 2.25. The van der Waals surface area contributed by atoms with Gasteiger partial charge in [0.2, 0.25) is 0 Å². The second-order valence-electron chi connectivity index (χ2n) is 4.66. The molecule has 78 valence electrons. The highest BCUT2D eigenvalue weighted by Gasteiger charge is 2.23. The first kappa shape index (κ1) is 11.3. The molecule has 1 rings (SSSR count). The zero-order chi connectivity index (χ0) is 9.90. The van der Waals surface area contributed by atoms with Crippen molar-refractivity contribution >= 4 is 11.8 Å². The summed E-state index contributed by atoms with van der Waals surface area (Å²) in [6.45, 7) is 8.48. The summed E-state index contributed by atoms with van der Waals surface area (Å²) in [6, 6.07) is 0.526. The van der Waals surface area contributed by atoms with Gasteiger partial charge in [0.25, 0.3) is 0 Å². The highest BCUT2D eigenvalue weighted by atomic mass is 32.2. The standard InChI is InChI=1S/C10H21NOS/c1-8-9(6-5-7-13-8)11-12-10(2,3)4/h8-9,11H,5-7H2,1-4H3. The van der Waals surface area contributed by atoms with Crippen molar-refractivity contribution in [2.75, 3.05) is 5.75 Å². The lowest BCUT2D eigenvalue weighted by molar-refractivity contribution is -0.0893. The van der Waals surface area contributed by atoms with Gasteiger partial charge >= 0.3 is 0 Å². The minimum atomic E-state index is -0.0815. The van der Waals surface area contributed by atoms with E-state index in [-0.39, 0.29) is 5.60 Å². The summed E-state index contributed by atoms with van der Waals surface area (Å²) in [5.74, 6) is 1.30. The van der Waals surface area contributed by atoms with Crippen LogP contribution in [0.4, 0.5) is 0 Å². The van der Waals surface area contributed by atoms with E-state index < -0.39 is 0 Å². The summed E-state index contributed by atoms with van der Waals surface area (Å²) < 4.78 is 0. The molecule has 2 atom stereocenters. The Bertz CT molecular complexity index is 155. The van der Waals surface area contributed by atoms with Crippen LogP contribution >= 0.6 is 11.8 Å². The van der Waals surface area contributed by atoms with E-state index >= 15 is 0 Å². The van der Waals surface area contributed by atoms with Gasteiger partial charge in [0.05, 0.1) is 5.60 Å². The third-order valence-corrected chi connectivity index (χ3v) is 3.50. The Morgan fingerprint density at radius 3 is 2.62 bits per heavy atom. The Morgan fingerprint density at radius 1 is 1.38 bits per heavy atom. The van der Waals surface area contributed by atoms with Gasteiger partial charge in [-0.15, -0.1) is 0 Å². The second kappa shape index (κ2) is 4.67. The average molecular weight is 203 g/mol. The van der Waals surface area contributed by atoms with Crippen LogP contribution in [0.1, 0.15) is 40.5 Å². The van der Waals surface area contributed by atoms with E-state index in [1.807, 2.05) is 11.8 Å². The van der Waals surface area contributed by atoms with E-state index in [1.165, 1.54) is 18.6 Å². The minimum Gasteiger partial charge on any atom is -0.296 e. The molecule has 0 spiro atoms. The van der Waals surface area contributed by atoms with Gasteiger partial charge in [-0.3, -0.25) is 4.84 Å². The van der Waals surface area contributed by atoms with Gasteiger partial charge in [0.15, 0.2) is 0 Å². The quantitative estimate of drug-likeness (QED) is 0.697. The van der Waals surface area contributed by atoms with Crippen molar-refractivity contribution in [1.29, 1.82) is 0 Å². The predicted molar refractivity (Wildman–Crippen MR) is 58.9 cm³/mol. The maximum absolute atomic E-state index is 5.58. The molecule has 3 heteroatoms. The van der Waals surface area contributed by atoms with E-state index in [9.17, 15) is 0 Å². The van der Waals surface area contributed by atoms with Crippen molar-refractivity contribution < 1.29 is 4.84 Å². The average Bonchev–Trinajstić information content (AvgIpc) is 2.01. The topological polar surface area (TPSA) is 21.3 Å². The van der Waals surface area contributed by atoms with Crippen LogP contribution in [-0.4, -0.2) is 22.6 Å². The van der Waals surface area contributed by atoms with Crippen LogP contribution in [0.3, 0.4) is 0 Å². The van der Waals surface area contributed by atoms with Gasteiger partial charge in [-0.1, -0.05) is 6.92 Å². The third-order valence-electron chi connectivity index (χ3n) is 2.12. The Morgan fingerprint density at radius 2 is 2.08 bits per heavy atom. The SMILES string of the molecule is CC1SCCCC1NOC(C)(C)C. The summed E-state index contributed by atoms with van der Waals surface area (Å²) in [6.07, 6.45) is 2.55. The monoisotopic (exact) mass is 203 g/mol. The van der Waals surface area contributed by atoms with Crippen LogP contribution in [0.15, 0.2) is 0 Å². The zero-order valence-corrected chi connectivity index (χ0v) is 9.91. The second-order valence-corrected chi connectivity index (χ2v) is 6.14. The van der Waals surface area contributed by atoms with Crippen molar-refractivity contribution in [3.8, 4) is 0 Å². The lowest BCUT2D eigenvalue weighted by atomic mass is 10.1. The van der Waals surface area contributed by atoms with Gasteiger partial charge in [-0.05, 0) is 39.4 Å². The molecule has 1 aliphatic rings. The number of nitrogens with one attached hydrogen (secondary N) is 1. The molecule has 1 N–H and O–H groups in total. The van der Waals surface area contributed by atoms with E-state index in [1.54, 1.807) is 0 Å². The number of hydrogen-bond donors (Lipinski definition) is 1. The summed E-state index contributed by atoms with van der Waals surface area (Å²) in [5, 5.41) is 0.677. The van der Waals surface area contributed by atoms with Crippen LogP contribution < -0.4 is 5.48 Å².